The maximum Gasteiger partial charge on any atom is 0.132 e. The smallest absolute Gasteiger partial charge is 0.132 e. The van der Waals surface area contributed by atoms with Gasteiger partial charge in [-0.3, -0.25) is 0 Å². The fourth-order valence-corrected chi connectivity index (χ4v) is 2.85. The zero-order valence-corrected chi connectivity index (χ0v) is 12.2. The number of aromatic nitrogens is 2. The van der Waals surface area contributed by atoms with E-state index in [0.717, 1.165) is 18.1 Å². The molecule has 4 nitrogen and oxygen atoms in total. The Morgan fingerprint density at radius 3 is 2.63 bits per heavy atom. The van der Waals surface area contributed by atoms with Crippen molar-refractivity contribution in [3.63, 3.8) is 0 Å². The van der Waals surface area contributed by atoms with Crippen molar-refractivity contribution < 1.29 is 0 Å². The quantitative estimate of drug-likeness (QED) is 0.886. The van der Waals surface area contributed by atoms with E-state index >= 15 is 0 Å². The highest BCUT2D eigenvalue weighted by molar-refractivity contribution is 5.41. The maximum atomic E-state index is 5.79. The molecule has 1 aliphatic rings. The van der Waals surface area contributed by atoms with E-state index in [1.54, 1.807) is 6.33 Å². The molecule has 0 aromatic carbocycles. The lowest BCUT2D eigenvalue weighted by molar-refractivity contribution is 0.414. The molecule has 0 aliphatic heterocycles. The largest absolute Gasteiger partial charge is 0.352 e. The zero-order valence-electron chi connectivity index (χ0n) is 12.2. The Kier molecular flexibility index (Phi) is 5.14. The average molecular weight is 262 g/mol. The molecule has 1 aromatic heterocycles. The summed E-state index contributed by atoms with van der Waals surface area (Å²) in [6.07, 6.45) is 8.24. The second kappa shape index (κ2) is 6.85. The molecule has 2 rings (SSSR count). The molecule has 0 bridgehead atoms. The van der Waals surface area contributed by atoms with Gasteiger partial charge in [0.15, 0.2) is 0 Å². The van der Waals surface area contributed by atoms with Gasteiger partial charge in [0.2, 0.25) is 0 Å². The molecule has 1 saturated carbocycles. The molecular weight excluding hydrogens is 236 g/mol. The molecule has 19 heavy (non-hydrogen) atoms. The maximum absolute atomic E-state index is 5.79. The standard InChI is InChI=1S/C15H26N4/c1-12(2)14-10-15(18-11-17-14)19(9-8-16)13-6-4-3-5-7-13/h10-13H,3-9,16H2,1-2H3. The Hall–Kier alpha value is -1.16. The summed E-state index contributed by atoms with van der Waals surface area (Å²) in [5.74, 6) is 1.49. The van der Waals surface area contributed by atoms with Crippen LogP contribution in [0.25, 0.3) is 0 Å². The molecule has 0 saturated heterocycles. The van der Waals surface area contributed by atoms with Gasteiger partial charge < -0.3 is 10.6 Å². The van der Waals surface area contributed by atoms with Crippen molar-refractivity contribution in [3.8, 4) is 0 Å². The van der Waals surface area contributed by atoms with Crippen molar-refractivity contribution in [1.82, 2.24) is 9.97 Å². The Labute approximate surface area is 116 Å². The van der Waals surface area contributed by atoms with Crippen molar-refractivity contribution in [2.45, 2.75) is 57.9 Å². The first-order valence-electron chi connectivity index (χ1n) is 7.51. The van der Waals surface area contributed by atoms with Gasteiger partial charge in [-0.1, -0.05) is 33.1 Å². The highest BCUT2D eigenvalue weighted by Crippen LogP contribution is 2.26. The summed E-state index contributed by atoms with van der Waals surface area (Å²) in [5, 5.41) is 0. The van der Waals surface area contributed by atoms with Gasteiger partial charge >= 0.3 is 0 Å². The van der Waals surface area contributed by atoms with Gasteiger partial charge in [-0.2, -0.15) is 0 Å². The highest BCUT2D eigenvalue weighted by atomic mass is 15.2. The first kappa shape index (κ1) is 14.3. The van der Waals surface area contributed by atoms with E-state index in [-0.39, 0.29) is 0 Å². The predicted octanol–water partition coefficient (Wildman–Crippen LogP) is 2.70. The summed E-state index contributed by atoms with van der Waals surface area (Å²) in [5.41, 5.74) is 6.90. The van der Waals surface area contributed by atoms with Gasteiger partial charge in [-0.15, -0.1) is 0 Å². The lowest BCUT2D eigenvalue weighted by Gasteiger charge is -2.35. The summed E-state index contributed by atoms with van der Waals surface area (Å²) < 4.78 is 0. The third-order valence-electron chi connectivity index (χ3n) is 3.95. The Bertz CT molecular complexity index is 385. The fourth-order valence-electron chi connectivity index (χ4n) is 2.85. The van der Waals surface area contributed by atoms with Crippen LogP contribution in [0, 0.1) is 0 Å². The van der Waals surface area contributed by atoms with Gasteiger partial charge in [0.25, 0.3) is 0 Å². The van der Waals surface area contributed by atoms with Crippen LogP contribution in [-0.2, 0) is 0 Å². The molecule has 0 radical (unpaired) electrons. The monoisotopic (exact) mass is 262 g/mol. The molecule has 1 heterocycles. The van der Waals surface area contributed by atoms with Gasteiger partial charge in [0, 0.05) is 30.9 Å². The topological polar surface area (TPSA) is 55.0 Å². The predicted molar refractivity (Wildman–Crippen MR) is 79.4 cm³/mol. The van der Waals surface area contributed by atoms with E-state index < -0.39 is 0 Å². The molecule has 4 heteroatoms. The zero-order chi connectivity index (χ0) is 13.7. The minimum absolute atomic E-state index is 0.438. The van der Waals surface area contributed by atoms with Gasteiger partial charge in [0.1, 0.15) is 12.1 Å². The van der Waals surface area contributed by atoms with Crippen LogP contribution in [0.15, 0.2) is 12.4 Å². The lowest BCUT2D eigenvalue weighted by atomic mass is 9.94. The molecule has 0 amide bonds. The van der Waals surface area contributed by atoms with Crippen molar-refractivity contribution in [1.29, 1.82) is 0 Å². The summed E-state index contributed by atoms with van der Waals surface area (Å²) in [6, 6.07) is 2.74. The van der Waals surface area contributed by atoms with Gasteiger partial charge in [-0.05, 0) is 18.8 Å². The van der Waals surface area contributed by atoms with E-state index in [2.05, 4.69) is 34.8 Å². The number of anilines is 1. The Morgan fingerprint density at radius 2 is 2.00 bits per heavy atom. The molecule has 0 atom stereocenters. The van der Waals surface area contributed by atoms with Crippen LogP contribution < -0.4 is 10.6 Å². The minimum Gasteiger partial charge on any atom is -0.352 e. The molecule has 1 aromatic rings. The average Bonchev–Trinajstić information content (AvgIpc) is 2.46. The first-order valence-corrected chi connectivity index (χ1v) is 7.51. The molecule has 1 fully saturated rings. The second-order valence-corrected chi connectivity index (χ2v) is 5.73. The number of hydrogen-bond acceptors (Lipinski definition) is 4. The van der Waals surface area contributed by atoms with Crippen molar-refractivity contribution in [3.05, 3.63) is 18.1 Å². The SMILES string of the molecule is CC(C)c1cc(N(CCN)C2CCCCC2)ncn1. The molecule has 0 unspecified atom stereocenters. The Balaban J connectivity index is 2.19. The van der Waals surface area contributed by atoms with Crippen LogP contribution in [0.1, 0.15) is 57.6 Å². The number of rotatable bonds is 5. The number of hydrogen-bond donors (Lipinski definition) is 1. The van der Waals surface area contributed by atoms with Crippen LogP contribution in [0.3, 0.4) is 0 Å². The van der Waals surface area contributed by atoms with E-state index in [1.807, 2.05) is 0 Å². The number of nitrogens with zero attached hydrogens (tertiary/aromatic N) is 3. The molecule has 106 valence electrons. The van der Waals surface area contributed by atoms with Crippen LogP contribution >= 0.6 is 0 Å². The van der Waals surface area contributed by atoms with Gasteiger partial charge in [0.05, 0.1) is 0 Å². The second-order valence-electron chi connectivity index (χ2n) is 5.73. The van der Waals surface area contributed by atoms with Crippen molar-refractivity contribution >= 4 is 5.82 Å². The van der Waals surface area contributed by atoms with Crippen LogP contribution in [0.2, 0.25) is 0 Å². The van der Waals surface area contributed by atoms with Crippen LogP contribution in [0.4, 0.5) is 5.82 Å². The van der Waals surface area contributed by atoms with Gasteiger partial charge in [-0.25, -0.2) is 9.97 Å². The minimum atomic E-state index is 0.438. The fraction of sp³-hybridized carbons (Fsp3) is 0.733. The summed E-state index contributed by atoms with van der Waals surface area (Å²) in [4.78, 5) is 11.2. The van der Waals surface area contributed by atoms with Crippen molar-refractivity contribution in [2.75, 3.05) is 18.0 Å². The highest BCUT2D eigenvalue weighted by Gasteiger charge is 2.22. The van der Waals surface area contributed by atoms with Crippen LogP contribution in [-0.4, -0.2) is 29.1 Å². The third kappa shape index (κ3) is 3.66. The molecule has 2 N–H and O–H groups in total. The molecular formula is C15H26N4. The first-order chi connectivity index (χ1) is 9.22. The normalized spacial score (nSPS) is 16.8. The van der Waals surface area contributed by atoms with E-state index in [1.165, 1.54) is 32.1 Å². The van der Waals surface area contributed by atoms with E-state index in [4.69, 9.17) is 5.73 Å². The summed E-state index contributed by atoms with van der Waals surface area (Å²) >= 11 is 0. The summed E-state index contributed by atoms with van der Waals surface area (Å²) in [7, 11) is 0. The number of nitrogens with two attached hydrogens (primary N) is 1. The molecule has 1 aliphatic carbocycles. The van der Waals surface area contributed by atoms with E-state index in [9.17, 15) is 0 Å². The Morgan fingerprint density at radius 1 is 1.26 bits per heavy atom. The van der Waals surface area contributed by atoms with Crippen LogP contribution in [0.5, 0.6) is 0 Å². The van der Waals surface area contributed by atoms with E-state index in [0.29, 0.717) is 18.5 Å². The third-order valence-corrected chi connectivity index (χ3v) is 3.95. The molecule has 0 spiro atoms. The lowest BCUT2D eigenvalue weighted by Crippen LogP contribution is -2.40. The summed E-state index contributed by atoms with van der Waals surface area (Å²) in [6.45, 7) is 5.90. The van der Waals surface area contributed by atoms with Crippen molar-refractivity contribution in [2.24, 2.45) is 5.73 Å².